The van der Waals surface area contributed by atoms with Crippen LogP contribution in [0, 0.1) is 0 Å². The SMILES string of the molecule is FC(F)CN(CCCCl)C1CCC1. The molecule has 0 atom stereocenters. The zero-order chi connectivity index (χ0) is 9.68. The smallest absolute Gasteiger partial charge is 0.251 e. The molecule has 78 valence electrons. The van der Waals surface area contributed by atoms with Gasteiger partial charge in [-0.15, -0.1) is 11.6 Å². The van der Waals surface area contributed by atoms with Crippen LogP contribution in [-0.2, 0) is 0 Å². The maximum absolute atomic E-state index is 12.2. The minimum absolute atomic E-state index is 0.0818. The van der Waals surface area contributed by atoms with E-state index in [1.807, 2.05) is 4.90 Å². The minimum Gasteiger partial charge on any atom is -0.295 e. The molecular weight excluding hydrogens is 196 g/mol. The molecule has 1 rings (SSSR count). The monoisotopic (exact) mass is 211 g/mol. The summed E-state index contributed by atoms with van der Waals surface area (Å²) in [6.07, 6.45) is 1.94. The van der Waals surface area contributed by atoms with Gasteiger partial charge in [0.2, 0.25) is 0 Å². The highest BCUT2D eigenvalue weighted by atomic mass is 35.5. The van der Waals surface area contributed by atoms with E-state index in [-0.39, 0.29) is 6.54 Å². The third kappa shape index (κ3) is 3.77. The zero-order valence-corrected chi connectivity index (χ0v) is 8.44. The molecule has 0 amide bonds. The highest BCUT2D eigenvalue weighted by molar-refractivity contribution is 6.17. The fraction of sp³-hybridized carbons (Fsp3) is 1.00. The van der Waals surface area contributed by atoms with Gasteiger partial charge in [-0.2, -0.15) is 0 Å². The number of hydrogen-bond acceptors (Lipinski definition) is 1. The standard InChI is InChI=1S/C9H16ClF2N/c10-5-2-6-13(7-9(11)12)8-3-1-4-8/h8-9H,1-7H2. The Morgan fingerprint density at radius 2 is 2.08 bits per heavy atom. The van der Waals surface area contributed by atoms with Gasteiger partial charge in [-0.3, -0.25) is 4.90 Å². The molecule has 0 spiro atoms. The molecule has 1 saturated carbocycles. The first-order chi connectivity index (χ1) is 6.24. The van der Waals surface area contributed by atoms with Crippen LogP contribution in [0.25, 0.3) is 0 Å². The Labute approximate surface area is 83.0 Å². The van der Waals surface area contributed by atoms with Crippen molar-refractivity contribution in [2.75, 3.05) is 19.0 Å². The molecule has 0 radical (unpaired) electrons. The van der Waals surface area contributed by atoms with Crippen molar-refractivity contribution in [3.63, 3.8) is 0 Å². The van der Waals surface area contributed by atoms with Crippen LogP contribution in [-0.4, -0.2) is 36.3 Å². The van der Waals surface area contributed by atoms with E-state index in [1.54, 1.807) is 0 Å². The molecule has 4 heteroatoms. The van der Waals surface area contributed by atoms with E-state index in [2.05, 4.69) is 0 Å². The normalized spacial score (nSPS) is 18.2. The highest BCUT2D eigenvalue weighted by Crippen LogP contribution is 2.25. The summed E-state index contributed by atoms with van der Waals surface area (Å²) in [5, 5.41) is 0. The van der Waals surface area contributed by atoms with Crippen LogP contribution >= 0.6 is 11.6 Å². The van der Waals surface area contributed by atoms with E-state index in [4.69, 9.17) is 11.6 Å². The summed E-state index contributed by atoms with van der Waals surface area (Å²) in [6.45, 7) is 0.639. The lowest BCUT2D eigenvalue weighted by Crippen LogP contribution is -2.43. The van der Waals surface area contributed by atoms with Gasteiger partial charge in [0.1, 0.15) is 0 Å². The molecule has 0 aromatic carbocycles. The number of alkyl halides is 3. The Hall–Kier alpha value is 0.110. The number of halogens is 3. The van der Waals surface area contributed by atoms with Crippen molar-refractivity contribution < 1.29 is 8.78 Å². The van der Waals surface area contributed by atoms with Gasteiger partial charge >= 0.3 is 0 Å². The van der Waals surface area contributed by atoms with Gasteiger partial charge in [0, 0.05) is 11.9 Å². The topological polar surface area (TPSA) is 3.24 Å². The van der Waals surface area contributed by atoms with Gasteiger partial charge in [0.15, 0.2) is 0 Å². The molecule has 1 aliphatic rings. The molecule has 0 unspecified atom stereocenters. The predicted octanol–water partition coefficient (Wildman–Crippen LogP) is 2.73. The summed E-state index contributed by atoms with van der Waals surface area (Å²) in [5.41, 5.74) is 0. The van der Waals surface area contributed by atoms with E-state index in [0.717, 1.165) is 25.8 Å². The molecule has 0 saturated heterocycles. The Kier molecular flexibility index (Phi) is 4.96. The molecule has 0 aliphatic heterocycles. The maximum Gasteiger partial charge on any atom is 0.251 e. The van der Waals surface area contributed by atoms with Gasteiger partial charge in [0.25, 0.3) is 6.43 Å². The van der Waals surface area contributed by atoms with Crippen molar-refractivity contribution in [2.45, 2.75) is 38.2 Å². The summed E-state index contributed by atoms with van der Waals surface area (Å²) < 4.78 is 24.3. The van der Waals surface area contributed by atoms with Crippen LogP contribution in [0.4, 0.5) is 8.78 Å². The summed E-state index contributed by atoms with van der Waals surface area (Å²) in [6, 6.07) is 0.400. The van der Waals surface area contributed by atoms with Crippen LogP contribution in [0.15, 0.2) is 0 Å². The summed E-state index contributed by atoms with van der Waals surface area (Å²) in [4.78, 5) is 1.89. The van der Waals surface area contributed by atoms with Gasteiger partial charge in [0.05, 0.1) is 6.54 Å². The second-order valence-electron chi connectivity index (χ2n) is 3.51. The van der Waals surface area contributed by atoms with E-state index in [9.17, 15) is 8.78 Å². The van der Waals surface area contributed by atoms with Gasteiger partial charge in [-0.25, -0.2) is 8.78 Å². The number of rotatable bonds is 6. The summed E-state index contributed by atoms with van der Waals surface area (Å²) in [7, 11) is 0. The second-order valence-corrected chi connectivity index (χ2v) is 3.89. The van der Waals surface area contributed by atoms with E-state index >= 15 is 0 Å². The third-order valence-electron chi connectivity index (χ3n) is 2.54. The van der Waals surface area contributed by atoms with Crippen LogP contribution < -0.4 is 0 Å². The second kappa shape index (κ2) is 5.76. The Morgan fingerprint density at radius 3 is 2.46 bits per heavy atom. The van der Waals surface area contributed by atoms with Crippen LogP contribution in [0.1, 0.15) is 25.7 Å². The lowest BCUT2D eigenvalue weighted by atomic mass is 9.91. The van der Waals surface area contributed by atoms with Crippen molar-refractivity contribution in [2.24, 2.45) is 0 Å². The molecule has 1 fully saturated rings. The van der Waals surface area contributed by atoms with Crippen molar-refractivity contribution in [3.05, 3.63) is 0 Å². The molecule has 0 heterocycles. The zero-order valence-electron chi connectivity index (χ0n) is 7.69. The van der Waals surface area contributed by atoms with Crippen LogP contribution in [0.5, 0.6) is 0 Å². The highest BCUT2D eigenvalue weighted by Gasteiger charge is 2.26. The first kappa shape index (κ1) is 11.2. The quantitative estimate of drug-likeness (QED) is 0.611. The average molecular weight is 212 g/mol. The largest absolute Gasteiger partial charge is 0.295 e. The van der Waals surface area contributed by atoms with Crippen LogP contribution in [0.3, 0.4) is 0 Å². The Balaban J connectivity index is 2.24. The van der Waals surface area contributed by atoms with Crippen molar-refractivity contribution in [1.29, 1.82) is 0 Å². The Bertz CT molecular complexity index is 140. The van der Waals surface area contributed by atoms with Crippen molar-refractivity contribution in [3.8, 4) is 0 Å². The maximum atomic E-state index is 12.2. The molecule has 1 aliphatic carbocycles. The molecule has 1 nitrogen and oxygen atoms in total. The van der Waals surface area contributed by atoms with E-state index in [0.29, 0.717) is 11.9 Å². The molecule has 0 aromatic rings. The Morgan fingerprint density at radius 1 is 1.38 bits per heavy atom. The molecule has 0 N–H and O–H groups in total. The first-order valence-corrected chi connectivity index (χ1v) is 5.35. The van der Waals surface area contributed by atoms with Crippen molar-refractivity contribution in [1.82, 2.24) is 4.90 Å². The lowest BCUT2D eigenvalue weighted by molar-refractivity contribution is 0.0421. The molecule has 13 heavy (non-hydrogen) atoms. The average Bonchev–Trinajstić information content (AvgIpc) is 1.95. The van der Waals surface area contributed by atoms with Crippen LogP contribution in [0.2, 0.25) is 0 Å². The fourth-order valence-corrected chi connectivity index (χ4v) is 1.73. The van der Waals surface area contributed by atoms with Crippen molar-refractivity contribution >= 4 is 11.6 Å². The van der Waals surface area contributed by atoms with E-state index < -0.39 is 6.43 Å². The third-order valence-corrected chi connectivity index (χ3v) is 2.81. The number of hydrogen-bond donors (Lipinski definition) is 0. The molecule has 0 bridgehead atoms. The minimum atomic E-state index is -2.21. The van der Waals surface area contributed by atoms with Gasteiger partial charge < -0.3 is 0 Å². The molecule has 0 aromatic heterocycles. The van der Waals surface area contributed by atoms with Gasteiger partial charge in [-0.05, 0) is 25.8 Å². The molecular formula is C9H16ClF2N. The fourth-order valence-electron chi connectivity index (χ4n) is 1.61. The van der Waals surface area contributed by atoms with E-state index in [1.165, 1.54) is 6.42 Å². The summed E-state index contributed by atoms with van der Waals surface area (Å²) in [5.74, 6) is 0.562. The number of nitrogens with zero attached hydrogens (tertiary/aromatic N) is 1. The predicted molar refractivity (Wildman–Crippen MR) is 50.6 cm³/mol. The lowest BCUT2D eigenvalue weighted by Gasteiger charge is -2.37. The van der Waals surface area contributed by atoms with Gasteiger partial charge in [-0.1, -0.05) is 6.42 Å². The first-order valence-electron chi connectivity index (χ1n) is 4.82. The summed E-state index contributed by atoms with van der Waals surface area (Å²) >= 11 is 5.53.